The van der Waals surface area contributed by atoms with Crippen molar-refractivity contribution in [2.45, 2.75) is 6.42 Å². The van der Waals surface area contributed by atoms with Crippen LogP contribution in [0.4, 0.5) is 5.69 Å². The highest BCUT2D eigenvalue weighted by Gasteiger charge is 2.02. The molecule has 0 atom stereocenters. The molecule has 0 aliphatic rings. The van der Waals surface area contributed by atoms with Gasteiger partial charge in [0.05, 0.1) is 15.7 Å². The second-order valence-electron chi connectivity index (χ2n) is 2.59. The number of nitrogens with two attached hydrogens (primary N) is 1. The van der Waals surface area contributed by atoms with E-state index in [9.17, 15) is 0 Å². The van der Waals surface area contributed by atoms with Crippen LogP contribution in [0, 0.1) is 11.8 Å². The summed E-state index contributed by atoms with van der Waals surface area (Å²) in [4.78, 5) is 0. The van der Waals surface area contributed by atoms with E-state index in [1.807, 2.05) is 0 Å². The Morgan fingerprint density at radius 3 is 2.36 bits per heavy atom. The summed E-state index contributed by atoms with van der Waals surface area (Å²) in [6.45, 7) is 0. The molecule has 0 spiro atoms. The van der Waals surface area contributed by atoms with E-state index >= 15 is 0 Å². The number of rotatable bonds is 1. The second kappa shape index (κ2) is 5.50. The molecule has 4 heteroatoms. The summed E-state index contributed by atoms with van der Waals surface area (Å²) < 4.78 is 0. The maximum Gasteiger partial charge on any atom is 0.0693 e. The summed E-state index contributed by atoms with van der Waals surface area (Å²) in [5.74, 6) is 5.92. The first-order valence-corrected chi connectivity index (χ1v) is 5.82. The van der Waals surface area contributed by atoms with Crippen molar-refractivity contribution in [1.29, 1.82) is 0 Å². The van der Waals surface area contributed by atoms with E-state index in [0.29, 0.717) is 15.7 Å². The van der Waals surface area contributed by atoms with Crippen LogP contribution in [0.1, 0.15) is 12.0 Å². The van der Waals surface area contributed by atoms with Gasteiger partial charge in [-0.2, -0.15) is 0 Å². The van der Waals surface area contributed by atoms with Gasteiger partial charge >= 0.3 is 0 Å². The fraction of sp³-hybridized carbons (Fsp3) is 0.200. The van der Waals surface area contributed by atoms with Crippen molar-refractivity contribution in [2.24, 2.45) is 0 Å². The number of alkyl halides is 1. The summed E-state index contributed by atoms with van der Waals surface area (Å²) in [7, 11) is 0. The fourth-order valence-corrected chi connectivity index (χ4v) is 1.55. The highest BCUT2D eigenvalue weighted by atomic mass is 79.9. The highest BCUT2D eigenvalue weighted by molar-refractivity contribution is 9.09. The number of nitrogen functional groups attached to an aromatic ring is 1. The number of halogens is 3. The Balaban J connectivity index is 2.97. The Morgan fingerprint density at radius 1 is 1.29 bits per heavy atom. The first kappa shape index (κ1) is 11.7. The lowest BCUT2D eigenvalue weighted by Crippen LogP contribution is -1.88. The minimum absolute atomic E-state index is 0.402. The molecule has 0 heterocycles. The van der Waals surface area contributed by atoms with Gasteiger partial charge < -0.3 is 5.73 Å². The molecule has 2 N–H and O–H groups in total. The van der Waals surface area contributed by atoms with Crippen molar-refractivity contribution in [3.8, 4) is 11.8 Å². The largest absolute Gasteiger partial charge is 0.396 e. The van der Waals surface area contributed by atoms with Gasteiger partial charge in [0.2, 0.25) is 0 Å². The van der Waals surface area contributed by atoms with Crippen LogP contribution in [0.15, 0.2) is 12.1 Å². The molecule has 1 aromatic carbocycles. The topological polar surface area (TPSA) is 26.0 Å². The molecule has 0 aliphatic heterocycles. The third kappa shape index (κ3) is 3.09. The van der Waals surface area contributed by atoms with Crippen LogP contribution in [0.5, 0.6) is 0 Å². The highest BCUT2D eigenvalue weighted by Crippen LogP contribution is 2.28. The van der Waals surface area contributed by atoms with Gasteiger partial charge in [0, 0.05) is 17.3 Å². The van der Waals surface area contributed by atoms with E-state index in [1.54, 1.807) is 12.1 Å². The lowest BCUT2D eigenvalue weighted by Gasteiger charge is -2.00. The van der Waals surface area contributed by atoms with Crippen LogP contribution >= 0.6 is 39.1 Å². The van der Waals surface area contributed by atoms with E-state index in [2.05, 4.69) is 27.8 Å². The molecular formula is C10H8BrCl2N. The lowest BCUT2D eigenvalue weighted by molar-refractivity contribution is 1.32. The summed E-state index contributed by atoms with van der Waals surface area (Å²) in [5, 5.41) is 1.75. The van der Waals surface area contributed by atoms with Crippen LogP contribution in [0.3, 0.4) is 0 Å². The molecule has 0 radical (unpaired) electrons. The van der Waals surface area contributed by atoms with Crippen molar-refractivity contribution < 1.29 is 0 Å². The smallest absolute Gasteiger partial charge is 0.0693 e. The summed E-state index contributed by atoms with van der Waals surface area (Å²) in [5.41, 5.74) is 6.78. The van der Waals surface area contributed by atoms with Gasteiger partial charge in [0.25, 0.3) is 0 Å². The number of anilines is 1. The molecule has 0 bridgehead atoms. The molecule has 14 heavy (non-hydrogen) atoms. The van der Waals surface area contributed by atoms with Gasteiger partial charge in [-0.1, -0.05) is 51.0 Å². The molecule has 0 saturated carbocycles. The first-order chi connectivity index (χ1) is 6.65. The Morgan fingerprint density at radius 2 is 1.86 bits per heavy atom. The van der Waals surface area contributed by atoms with E-state index < -0.39 is 0 Å². The van der Waals surface area contributed by atoms with Crippen LogP contribution in [-0.2, 0) is 0 Å². The average molecular weight is 293 g/mol. The molecule has 1 rings (SSSR count). The van der Waals surface area contributed by atoms with Gasteiger partial charge in [-0.15, -0.1) is 0 Å². The summed E-state index contributed by atoms with van der Waals surface area (Å²) in [6.07, 6.45) is 0.791. The van der Waals surface area contributed by atoms with Crippen LogP contribution in [0.2, 0.25) is 10.0 Å². The average Bonchev–Trinajstić information content (AvgIpc) is 2.14. The van der Waals surface area contributed by atoms with Gasteiger partial charge in [-0.3, -0.25) is 0 Å². The Kier molecular flexibility index (Phi) is 4.60. The minimum Gasteiger partial charge on any atom is -0.396 e. The van der Waals surface area contributed by atoms with Crippen molar-refractivity contribution in [3.63, 3.8) is 0 Å². The second-order valence-corrected chi connectivity index (χ2v) is 4.20. The molecule has 0 aromatic heterocycles. The van der Waals surface area contributed by atoms with E-state index in [1.165, 1.54) is 0 Å². The number of hydrogen-bond donors (Lipinski definition) is 1. The molecule has 0 unspecified atom stereocenters. The van der Waals surface area contributed by atoms with E-state index in [0.717, 1.165) is 17.3 Å². The third-order valence-electron chi connectivity index (χ3n) is 1.53. The van der Waals surface area contributed by atoms with Gasteiger partial charge in [0.15, 0.2) is 0 Å². The quantitative estimate of drug-likeness (QED) is 0.477. The van der Waals surface area contributed by atoms with Gasteiger partial charge in [-0.25, -0.2) is 0 Å². The minimum atomic E-state index is 0.402. The van der Waals surface area contributed by atoms with E-state index in [-0.39, 0.29) is 0 Å². The van der Waals surface area contributed by atoms with Crippen molar-refractivity contribution >= 4 is 44.8 Å². The zero-order valence-electron chi connectivity index (χ0n) is 7.28. The molecule has 1 aromatic rings. The third-order valence-corrected chi connectivity index (χ3v) is 2.55. The fourth-order valence-electron chi connectivity index (χ4n) is 0.868. The molecule has 0 amide bonds. The lowest BCUT2D eigenvalue weighted by atomic mass is 10.2. The number of benzene rings is 1. The van der Waals surface area contributed by atoms with E-state index in [4.69, 9.17) is 28.9 Å². The number of hydrogen-bond acceptors (Lipinski definition) is 1. The maximum absolute atomic E-state index is 5.85. The monoisotopic (exact) mass is 291 g/mol. The standard InChI is InChI=1S/C10H8BrCl2N/c11-4-2-1-3-7-5-8(12)10(14)9(13)6-7/h5-6H,2,4,14H2. The normalized spacial score (nSPS) is 9.36. The molecule has 0 fully saturated rings. The molecular weight excluding hydrogens is 285 g/mol. The molecule has 0 saturated heterocycles. The predicted molar refractivity (Wildman–Crippen MR) is 66.2 cm³/mol. The molecule has 74 valence electrons. The molecule has 1 nitrogen and oxygen atoms in total. The van der Waals surface area contributed by atoms with Gasteiger partial charge in [0.1, 0.15) is 0 Å². The van der Waals surface area contributed by atoms with Crippen molar-refractivity contribution in [2.75, 3.05) is 11.1 Å². The Hall–Kier alpha value is -0.360. The zero-order valence-corrected chi connectivity index (χ0v) is 10.4. The summed E-state index contributed by atoms with van der Waals surface area (Å²) >= 11 is 15.0. The van der Waals surface area contributed by atoms with Crippen LogP contribution < -0.4 is 5.73 Å². The van der Waals surface area contributed by atoms with Crippen LogP contribution in [-0.4, -0.2) is 5.33 Å². The maximum atomic E-state index is 5.85. The summed E-state index contributed by atoms with van der Waals surface area (Å²) in [6, 6.07) is 3.42. The Labute approximate surface area is 102 Å². The van der Waals surface area contributed by atoms with Gasteiger partial charge in [-0.05, 0) is 12.1 Å². The zero-order chi connectivity index (χ0) is 10.6. The van der Waals surface area contributed by atoms with Crippen molar-refractivity contribution in [1.82, 2.24) is 0 Å². The van der Waals surface area contributed by atoms with Crippen LogP contribution in [0.25, 0.3) is 0 Å². The Bertz CT molecular complexity index is 370. The molecule has 0 aliphatic carbocycles. The predicted octanol–water partition coefficient (Wildman–Crippen LogP) is 3.71. The van der Waals surface area contributed by atoms with Crippen molar-refractivity contribution in [3.05, 3.63) is 27.7 Å². The SMILES string of the molecule is Nc1c(Cl)cc(C#CCCBr)cc1Cl. The first-order valence-electron chi connectivity index (χ1n) is 3.94.